The summed E-state index contributed by atoms with van der Waals surface area (Å²) in [5, 5.41) is 4.89. The lowest BCUT2D eigenvalue weighted by molar-refractivity contribution is 1.31. The first-order valence-corrected chi connectivity index (χ1v) is 21.5. The van der Waals surface area contributed by atoms with Gasteiger partial charge in [-0.3, -0.25) is 0 Å². The molecule has 0 spiro atoms. The maximum atomic E-state index is 5.23. The van der Waals surface area contributed by atoms with E-state index in [9.17, 15) is 0 Å². The van der Waals surface area contributed by atoms with Crippen molar-refractivity contribution in [2.75, 3.05) is 0 Å². The van der Waals surface area contributed by atoms with Gasteiger partial charge in [0, 0.05) is 22.3 Å². The highest BCUT2D eigenvalue weighted by Gasteiger charge is 2.19. The summed E-state index contributed by atoms with van der Waals surface area (Å²) >= 11 is 0. The van der Waals surface area contributed by atoms with Crippen LogP contribution in [0.1, 0.15) is 12.5 Å². The van der Waals surface area contributed by atoms with E-state index in [1.807, 2.05) is 37.3 Å². The fraction of sp³-hybridized carbons (Fsp3) is 0.0164. The molecule has 63 heavy (non-hydrogen) atoms. The van der Waals surface area contributed by atoms with Crippen molar-refractivity contribution in [1.82, 2.24) is 9.97 Å². The molecule has 0 aliphatic heterocycles. The molecule has 2 heteroatoms. The molecule has 0 aliphatic carbocycles. The SMILES string of the molecule is C=C(/C=C\C=C/C)c1cc(-c2ccccc2)nc(-c2ccc(-c3c(-c4ccc(-c5cc(-c6ccccc6)cc(-c6ccccc6)n5)cc4)c4ccccc4c4ccccc34)cc2)c1. The van der Waals surface area contributed by atoms with Crippen LogP contribution < -0.4 is 0 Å². The molecule has 8 aromatic carbocycles. The van der Waals surface area contributed by atoms with Gasteiger partial charge in [0.05, 0.1) is 22.8 Å². The van der Waals surface area contributed by atoms with Gasteiger partial charge in [-0.15, -0.1) is 0 Å². The zero-order valence-electron chi connectivity index (χ0n) is 35.1. The minimum Gasteiger partial charge on any atom is -0.248 e. The molecule has 0 radical (unpaired) electrons. The van der Waals surface area contributed by atoms with Crippen molar-refractivity contribution in [3.63, 3.8) is 0 Å². The minimum absolute atomic E-state index is 0.901. The van der Waals surface area contributed by atoms with E-state index in [0.29, 0.717) is 0 Å². The van der Waals surface area contributed by atoms with Gasteiger partial charge >= 0.3 is 0 Å². The number of rotatable bonds is 10. The second kappa shape index (κ2) is 17.4. The Kier molecular flexibility index (Phi) is 10.8. The molecule has 2 nitrogen and oxygen atoms in total. The van der Waals surface area contributed by atoms with E-state index in [4.69, 9.17) is 9.97 Å². The van der Waals surface area contributed by atoms with Gasteiger partial charge in [0.1, 0.15) is 0 Å². The van der Waals surface area contributed by atoms with Crippen molar-refractivity contribution < 1.29 is 0 Å². The smallest absolute Gasteiger partial charge is 0.0715 e. The van der Waals surface area contributed by atoms with E-state index in [1.165, 1.54) is 32.7 Å². The summed E-state index contributed by atoms with van der Waals surface area (Å²) in [5.74, 6) is 0. The number of pyridine rings is 2. The lowest BCUT2D eigenvalue weighted by Gasteiger charge is -2.19. The van der Waals surface area contributed by atoms with E-state index < -0.39 is 0 Å². The van der Waals surface area contributed by atoms with Crippen LogP contribution in [0.4, 0.5) is 0 Å². The van der Waals surface area contributed by atoms with Crippen LogP contribution in [0.15, 0.2) is 243 Å². The van der Waals surface area contributed by atoms with E-state index in [0.717, 1.165) is 78.4 Å². The Morgan fingerprint density at radius 3 is 1.13 bits per heavy atom. The van der Waals surface area contributed by atoms with Gasteiger partial charge in [-0.25, -0.2) is 9.97 Å². The maximum Gasteiger partial charge on any atom is 0.0715 e. The largest absolute Gasteiger partial charge is 0.248 e. The van der Waals surface area contributed by atoms with Gasteiger partial charge in [-0.05, 0) is 97.3 Å². The third kappa shape index (κ3) is 7.94. The van der Waals surface area contributed by atoms with Crippen LogP contribution in [-0.4, -0.2) is 9.97 Å². The van der Waals surface area contributed by atoms with Crippen LogP contribution in [0.2, 0.25) is 0 Å². The highest BCUT2D eigenvalue weighted by atomic mass is 14.7. The summed E-state index contributed by atoms with van der Waals surface area (Å²) in [6.45, 7) is 6.43. The quantitative estimate of drug-likeness (QED) is 0.102. The molecule has 0 saturated carbocycles. The number of benzene rings is 8. The molecule has 0 N–H and O–H groups in total. The lowest BCUT2D eigenvalue weighted by Crippen LogP contribution is -1.94. The molecule has 10 aromatic rings. The molecule has 10 rings (SSSR count). The van der Waals surface area contributed by atoms with Crippen molar-refractivity contribution >= 4 is 27.1 Å². The predicted octanol–water partition coefficient (Wildman–Crippen LogP) is 16.6. The summed E-state index contributed by atoms with van der Waals surface area (Å²) in [6, 6.07) is 75.5. The molecular formula is C61H44N2. The highest BCUT2D eigenvalue weighted by molar-refractivity contribution is 6.21. The molecule has 0 atom stereocenters. The van der Waals surface area contributed by atoms with Gasteiger partial charge in [0.15, 0.2) is 0 Å². The van der Waals surface area contributed by atoms with Crippen molar-refractivity contribution in [2.45, 2.75) is 6.92 Å². The van der Waals surface area contributed by atoms with Crippen molar-refractivity contribution in [3.8, 4) is 78.4 Å². The number of nitrogens with zero attached hydrogens (tertiary/aromatic N) is 2. The average Bonchev–Trinajstić information content (AvgIpc) is 3.36. The molecular weight excluding hydrogens is 761 g/mol. The van der Waals surface area contributed by atoms with Crippen LogP contribution in [0.5, 0.6) is 0 Å². The Labute approximate surface area is 369 Å². The first kappa shape index (κ1) is 39.0. The maximum absolute atomic E-state index is 5.23. The van der Waals surface area contributed by atoms with E-state index in [1.54, 1.807) is 0 Å². The van der Waals surface area contributed by atoms with Crippen LogP contribution in [0, 0.1) is 0 Å². The number of allylic oxidation sites excluding steroid dienone is 5. The summed E-state index contributed by atoms with van der Waals surface area (Å²) < 4.78 is 0. The molecule has 2 aromatic heterocycles. The lowest BCUT2D eigenvalue weighted by atomic mass is 9.84. The molecule has 298 valence electrons. The topological polar surface area (TPSA) is 25.8 Å². The predicted molar refractivity (Wildman–Crippen MR) is 268 cm³/mol. The summed E-state index contributed by atoms with van der Waals surface area (Å²) in [5.41, 5.74) is 16.9. The first-order valence-electron chi connectivity index (χ1n) is 21.5. The zero-order valence-corrected chi connectivity index (χ0v) is 35.1. The Morgan fingerprint density at radius 1 is 0.349 bits per heavy atom. The Hall–Kier alpha value is -8.20. The third-order valence-corrected chi connectivity index (χ3v) is 11.7. The van der Waals surface area contributed by atoms with Gasteiger partial charge in [-0.1, -0.05) is 219 Å². The Bertz CT molecular complexity index is 3250. The number of fused-ring (bicyclic) bond motifs is 3. The molecule has 0 fully saturated rings. The van der Waals surface area contributed by atoms with Crippen molar-refractivity contribution in [2.24, 2.45) is 0 Å². The standard InChI is InChI=1S/C61H44N2/c1-3-4-8-19-42(2)50-38-56(44-22-11-6-12-23-44)62-57(39-50)46-30-34-48(35-31-46)60-54-28-17-15-26-52(54)53-27-16-18-29-55(53)61(60)49-36-32-47(33-37-49)59-41-51(43-20-9-5-10-21-43)40-58(63-59)45-24-13-7-14-25-45/h3-41H,2H2,1H3/b4-3-,19-8-. The van der Waals surface area contributed by atoms with Gasteiger partial charge in [0.2, 0.25) is 0 Å². The third-order valence-electron chi connectivity index (χ3n) is 11.7. The zero-order chi connectivity index (χ0) is 42.5. The number of hydrogen-bond acceptors (Lipinski definition) is 2. The normalized spacial score (nSPS) is 11.5. The van der Waals surface area contributed by atoms with Crippen LogP contribution in [-0.2, 0) is 0 Å². The number of hydrogen-bond donors (Lipinski definition) is 0. The summed E-state index contributed by atoms with van der Waals surface area (Å²) in [4.78, 5) is 10.4. The minimum atomic E-state index is 0.901. The second-order valence-electron chi connectivity index (χ2n) is 15.8. The fourth-order valence-electron chi connectivity index (χ4n) is 8.59. The van der Waals surface area contributed by atoms with Crippen molar-refractivity contribution in [1.29, 1.82) is 0 Å². The molecule has 0 bridgehead atoms. The Balaban J connectivity index is 1.10. The number of aromatic nitrogens is 2. The van der Waals surface area contributed by atoms with Crippen molar-refractivity contribution in [3.05, 3.63) is 249 Å². The molecule has 2 heterocycles. The second-order valence-corrected chi connectivity index (χ2v) is 15.8. The van der Waals surface area contributed by atoms with E-state index >= 15 is 0 Å². The summed E-state index contributed by atoms with van der Waals surface area (Å²) in [7, 11) is 0. The average molecular weight is 805 g/mol. The van der Waals surface area contributed by atoms with Crippen LogP contribution in [0.3, 0.4) is 0 Å². The van der Waals surface area contributed by atoms with E-state index in [2.05, 4.69) is 213 Å². The van der Waals surface area contributed by atoms with Crippen LogP contribution >= 0.6 is 0 Å². The van der Waals surface area contributed by atoms with Gasteiger partial charge in [-0.2, -0.15) is 0 Å². The fourth-order valence-corrected chi connectivity index (χ4v) is 8.59. The van der Waals surface area contributed by atoms with Gasteiger partial charge in [0.25, 0.3) is 0 Å². The van der Waals surface area contributed by atoms with Crippen LogP contribution in [0.25, 0.3) is 106 Å². The molecule has 0 amide bonds. The monoisotopic (exact) mass is 804 g/mol. The molecule has 0 saturated heterocycles. The van der Waals surface area contributed by atoms with Gasteiger partial charge < -0.3 is 0 Å². The highest BCUT2D eigenvalue weighted by Crippen LogP contribution is 2.45. The summed E-state index contributed by atoms with van der Waals surface area (Å²) in [6.07, 6.45) is 8.12. The molecule has 0 unspecified atom stereocenters. The molecule has 0 aliphatic rings. The van der Waals surface area contributed by atoms with E-state index in [-0.39, 0.29) is 0 Å². The Morgan fingerprint density at radius 2 is 0.698 bits per heavy atom. The first-order chi connectivity index (χ1) is 31.1.